The first-order valence-corrected chi connectivity index (χ1v) is 10.8. The normalized spacial score (nSPS) is 13.3. The molecule has 1 aliphatic rings. The summed E-state index contributed by atoms with van der Waals surface area (Å²) >= 11 is 0. The molecule has 9 heteroatoms. The van der Waals surface area contributed by atoms with Gasteiger partial charge in [-0.1, -0.05) is 19.1 Å². The van der Waals surface area contributed by atoms with Crippen LogP contribution in [0.5, 0.6) is 17.2 Å². The second kappa shape index (κ2) is 11.2. The number of rotatable bonds is 8. The molecular formula is C24H29N3O6. The molecule has 1 heterocycles. The lowest BCUT2D eigenvalue weighted by molar-refractivity contribution is -0.132. The molecule has 0 aromatic heterocycles. The second-order valence-electron chi connectivity index (χ2n) is 7.43. The fourth-order valence-corrected chi connectivity index (χ4v) is 3.56. The zero-order chi connectivity index (χ0) is 23.8. The van der Waals surface area contributed by atoms with E-state index < -0.39 is 0 Å². The van der Waals surface area contributed by atoms with Crippen molar-refractivity contribution in [3.8, 4) is 17.2 Å². The van der Waals surface area contributed by atoms with Crippen LogP contribution in [0, 0.1) is 0 Å². The van der Waals surface area contributed by atoms with Gasteiger partial charge in [-0.2, -0.15) is 0 Å². The zero-order valence-corrected chi connectivity index (χ0v) is 19.1. The van der Waals surface area contributed by atoms with Crippen molar-refractivity contribution < 1.29 is 28.6 Å². The molecule has 3 rings (SSSR count). The minimum atomic E-state index is -0.360. The van der Waals surface area contributed by atoms with Gasteiger partial charge in [-0.15, -0.1) is 0 Å². The maximum Gasteiger partial charge on any atom is 0.262 e. The summed E-state index contributed by atoms with van der Waals surface area (Å²) in [4.78, 5) is 40.5. The van der Waals surface area contributed by atoms with Crippen LogP contribution in [0.1, 0.15) is 23.7 Å². The molecule has 0 saturated carbocycles. The highest BCUT2D eigenvalue weighted by molar-refractivity contribution is 5.95. The molecule has 0 unspecified atom stereocenters. The molecule has 2 aromatic rings. The third kappa shape index (κ3) is 5.94. The molecule has 0 spiro atoms. The monoisotopic (exact) mass is 455 g/mol. The number of nitrogens with one attached hydrogen (secondary N) is 1. The largest absolute Gasteiger partial charge is 0.495 e. The Labute approximate surface area is 193 Å². The van der Waals surface area contributed by atoms with Crippen molar-refractivity contribution >= 4 is 23.4 Å². The minimum Gasteiger partial charge on any atom is -0.495 e. The van der Waals surface area contributed by atoms with Crippen LogP contribution < -0.4 is 19.5 Å². The summed E-state index contributed by atoms with van der Waals surface area (Å²) in [6, 6.07) is 11.9. The van der Waals surface area contributed by atoms with Gasteiger partial charge in [0.15, 0.2) is 18.1 Å². The van der Waals surface area contributed by atoms with Gasteiger partial charge in [-0.3, -0.25) is 14.4 Å². The van der Waals surface area contributed by atoms with Gasteiger partial charge in [0.05, 0.1) is 19.9 Å². The molecule has 0 bridgehead atoms. The smallest absolute Gasteiger partial charge is 0.262 e. The van der Waals surface area contributed by atoms with Crippen molar-refractivity contribution in [2.24, 2.45) is 0 Å². The van der Waals surface area contributed by atoms with E-state index in [1.807, 2.05) is 13.0 Å². The lowest BCUT2D eigenvalue weighted by Gasteiger charge is -2.34. The Bertz CT molecular complexity index is 1000. The first-order chi connectivity index (χ1) is 16.0. The number of benzene rings is 2. The molecule has 3 amide bonds. The fourth-order valence-electron chi connectivity index (χ4n) is 3.56. The van der Waals surface area contributed by atoms with Gasteiger partial charge >= 0.3 is 0 Å². The van der Waals surface area contributed by atoms with E-state index >= 15 is 0 Å². The number of carbonyl (C=O) groups is 3. The fraction of sp³-hybridized carbons (Fsp3) is 0.375. The van der Waals surface area contributed by atoms with Crippen molar-refractivity contribution in [3.63, 3.8) is 0 Å². The number of piperazine rings is 1. The standard InChI is InChI=1S/C24H29N3O6/c1-4-23(29)26-11-13-27(14-12-26)24(30)17-9-10-20(21(15-17)32-3)33-16-22(28)25-18-7-5-6-8-19(18)31-2/h5-10,15H,4,11-14,16H2,1-3H3,(H,25,28). The molecule has 1 fully saturated rings. The highest BCUT2D eigenvalue weighted by Crippen LogP contribution is 2.29. The molecule has 2 aromatic carbocycles. The first kappa shape index (κ1) is 23.9. The van der Waals surface area contributed by atoms with E-state index in [4.69, 9.17) is 14.2 Å². The van der Waals surface area contributed by atoms with E-state index in [0.29, 0.717) is 61.1 Å². The van der Waals surface area contributed by atoms with Crippen LogP contribution in [0.15, 0.2) is 42.5 Å². The van der Waals surface area contributed by atoms with E-state index in [2.05, 4.69) is 5.32 Å². The Morgan fingerprint density at radius 3 is 2.21 bits per heavy atom. The second-order valence-corrected chi connectivity index (χ2v) is 7.43. The number of anilines is 1. The third-order valence-electron chi connectivity index (χ3n) is 5.37. The van der Waals surface area contributed by atoms with Gasteiger partial charge in [0.2, 0.25) is 5.91 Å². The molecule has 1 aliphatic heterocycles. The average molecular weight is 456 g/mol. The van der Waals surface area contributed by atoms with Crippen LogP contribution in [0.25, 0.3) is 0 Å². The zero-order valence-electron chi connectivity index (χ0n) is 19.1. The Morgan fingerprint density at radius 1 is 0.879 bits per heavy atom. The number of carbonyl (C=O) groups excluding carboxylic acids is 3. The molecule has 1 N–H and O–H groups in total. The SMILES string of the molecule is CCC(=O)N1CCN(C(=O)c2ccc(OCC(=O)Nc3ccccc3OC)c(OC)c2)CC1. The number of amides is 3. The molecular weight excluding hydrogens is 426 g/mol. The Morgan fingerprint density at radius 2 is 1.55 bits per heavy atom. The summed E-state index contributed by atoms with van der Waals surface area (Å²) < 4.78 is 16.2. The molecule has 176 valence electrons. The maximum absolute atomic E-state index is 12.9. The van der Waals surface area contributed by atoms with Crippen LogP contribution in [0.3, 0.4) is 0 Å². The van der Waals surface area contributed by atoms with Crippen LogP contribution in [0.4, 0.5) is 5.69 Å². The highest BCUT2D eigenvalue weighted by atomic mass is 16.5. The Hall–Kier alpha value is -3.75. The van der Waals surface area contributed by atoms with E-state index in [-0.39, 0.29) is 24.3 Å². The summed E-state index contributed by atoms with van der Waals surface area (Å²) in [5.74, 6) is 0.845. The summed E-state index contributed by atoms with van der Waals surface area (Å²) in [6.45, 7) is 3.60. The predicted octanol–water partition coefficient (Wildman–Crippen LogP) is 2.42. The highest BCUT2D eigenvalue weighted by Gasteiger charge is 2.25. The van der Waals surface area contributed by atoms with E-state index in [1.54, 1.807) is 46.2 Å². The van der Waals surface area contributed by atoms with Gasteiger partial charge in [-0.25, -0.2) is 0 Å². The Balaban J connectivity index is 1.60. The van der Waals surface area contributed by atoms with E-state index in [0.717, 1.165) is 0 Å². The van der Waals surface area contributed by atoms with E-state index in [1.165, 1.54) is 14.2 Å². The minimum absolute atomic E-state index is 0.0972. The number of nitrogens with zero attached hydrogens (tertiary/aromatic N) is 2. The summed E-state index contributed by atoms with van der Waals surface area (Å²) in [5.41, 5.74) is 0.996. The maximum atomic E-state index is 12.9. The van der Waals surface area contributed by atoms with Gasteiger partial charge in [0.25, 0.3) is 11.8 Å². The van der Waals surface area contributed by atoms with Crippen molar-refractivity contribution in [3.05, 3.63) is 48.0 Å². The molecule has 33 heavy (non-hydrogen) atoms. The summed E-state index contributed by atoms with van der Waals surface area (Å²) in [5, 5.41) is 2.74. The van der Waals surface area contributed by atoms with Crippen LogP contribution in [0.2, 0.25) is 0 Å². The molecule has 1 saturated heterocycles. The van der Waals surface area contributed by atoms with Gasteiger partial charge in [0, 0.05) is 38.2 Å². The first-order valence-electron chi connectivity index (χ1n) is 10.8. The van der Waals surface area contributed by atoms with Crippen LogP contribution in [-0.4, -0.2) is 74.5 Å². The number of hydrogen-bond donors (Lipinski definition) is 1. The van der Waals surface area contributed by atoms with Crippen molar-refractivity contribution in [2.75, 3.05) is 52.3 Å². The van der Waals surface area contributed by atoms with Gasteiger partial charge in [0.1, 0.15) is 5.75 Å². The predicted molar refractivity (Wildman–Crippen MR) is 123 cm³/mol. The van der Waals surface area contributed by atoms with Crippen molar-refractivity contribution in [1.82, 2.24) is 9.80 Å². The number of methoxy groups -OCH3 is 2. The van der Waals surface area contributed by atoms with Gasteiger partial charge in [-0.05, 0) is 30.3 Å². The number of hydrogen-bond acceptors (Lipinski definition) is 6. The van der Waals surface area contributed by atoms with Crippen LogP contribution >= 0.6 is 0 Å². The summed E-state index contributed by atoms with van der Waals surface area (Å²) in [6.07, 6.45) is 0.462. The average Bonchev–Trinajstić information content (AvgIpc) is 2.86. The Kier molecular flexibility index (Phi) is 8.12. The lowest BCUT2D eigenvalue weighted by Crippen LogP contribution is -2.50. The topological polar surface area (TPSA) is 97.4 Å². The molecule has 0 aliphatic carbocycles. The van der Waals surface area contributed by atoms with Crippen molar-refractivity contribution in [1.29, 1.82) is 0 Å². The molecule has 0 atom stereocenters. The third-order valence-corrected chi connectivity index (χ3v) is 5.37. The number of ether oxygens (including phenoxy) is 3. The van der Waals surface area contributed by atoms with Crippen LogP contribution in [-0.2, 0) is 9.59 Å². The van der Waals surface area contributed by atoms with Gasteiger partial charge < -0.3 is 29.3 Å². The molecule has 0 radical (unpaired) electrons. The summed E-state index contributed by atoms with van der Waals surface area (Å²) in [7, 11) is 3.00. The number of para-hydroxylation sites is 2. The quantitative estimate of drug-likeness (QED) is 0.657. The van der Waals surface area contributed by atoms with Crippen molar-refractivity contribution in [2.45, 2.75) is 13.3 Å². The lowest BCUT2D eigenvalue weighted by atomic mass is 10.1. The molecule has 9 nitrogen and oxygen atoms in total. The van der Waals surface area contributed by atoms with E-state index in [9.17, 15) is 14.4 Å².